The van der Waals surface area contributed by atoms with Crippen LogP contribution in [0.15, 0.2) is 47.3 Å². The molecule has 0 aliphatic rings. The molecule has 3 aromatic rings. The summed E-state index contributed by atoms with van der Waals surface area (Å²) < 4.78 is 15.4. The van der Waals surface area contributed by atoms with Crippen molar-refractivity contribution in [2.75, 3.05) is 0 Å². The molecule has 0 saturated carbocycles. The van der Waals surface area contributed by atoms with Gasteiger partial charge in [-0.25, -0.2) is 9.37 Å². The fourth-order valence-corrected chi connectivity index (χ4v) is 2.58. The Labute approximate surface area is 125 Å². The lowest BCUT2D eigenvalue weighted by Gasteiger charge is -2.13. The predicted molar refractivity (Wildman–Crippen MR) is 81.7 cm³/mol. The predicted octanol–water partition coefficient (Wildman–Crippen LogP) is 3.74. The van der Waals surface area contributed by atoms with Crippen molar-refractivity contribution < 1.29 is 4.39 Å². The third kappa shape index (κ3) is 2.21. The molecule has 3 rings (SSSR count). The van der Waals surface area contributed by atoms with Gasteiger partial charge in [0.1, 0.15) is 17.2 Å². The van der Waals surface area contributed by atoms with E-state index in [2.05, 4.69) is 4.98 Å². The monoisotopic (exact) mass is 302 g/mol. The van der Waals surface area contributed by atoms with Crippen LogP contribution < -0.4 is 5.56 Å². The zero-order chi connectivity index (χ0) is 15.0. The second-order valence-electron chi connectivity index (χ2n) is 4.61. The average Bonchev–Trinajstić information content (AvgIpc) is 2.51. The number of hydrogen-bond donors (Lipinski definition) is 0. The van der Waals surface area contributed by atoms with E-state index in [1.807, 2.05) is 25.1 Å². The molecule has 21 heavy (non-hydrogen) atoms. The summed E-state index contributed by atoms with van der Waals surface area (Å²) in [6, 6.07) is 11.7. The van der Waals surface area contributed by atoms with Crippen molar-refractivity contribution in [2.24, 2.45) is 0 Å². The largest absolute Gasteiger partial charge is 0.268 e. The van der Waals surface area contributed by atoms with Crippen molar-refractivity contribution >= 4 is 22.5 Å². The first-order valence-electron chi connectivity index (χ1n) is 6.58. The van der Waals surface area contributed by atoms with Crippen molar-refractivity contribution in [1.29, 1.82) is 0 Å². The molecule has 2 aromatic carbocycles. The van der Waals surface area contributed by atoms with E-state index in [0.717, 1.165) is 0 Å². The van der Waals surface area contributed by atoms with Gasteiger partial charge in [0.15, 0.2) is 0 Å². The summed E-state index contributed by atoms with van der Waals surface area (Å²) in [5.74, 6) is -0.0405. The summed E-state index contributed by atoms with van der Waals surface area (Å²) in [6.45, 7) is 1.87. The summed E-state index contributed by atoms with van der Waals surface area (Å²) >= 11 is 6.07. The SMILES string of the molecule is CCc1nc2c(F)ccc(Cl)c2c(=O)n1-c1ccccc1. The fraction of sp³-hybridized carbons (Fsp3) is 0.125. The lowest BCUT2D eigenvalue weighted by Crippen LogP contribution is -2.24. The highest BCUT2D eigenvalue weighted by Gasteiger charge is 2.16. The molecule has 0 saturated heterocycles. The van der Waals surface area contributed by atoms with E-state index in [1.165, 1.54) is 16.7 Å². The minimum atomic E-state index is -0.540. The number of hydrogen-bond acceptors (Lipinski definition) is 2. The molecule has 106 valence electrons. The van der Waals surface area contributed by atoms with Crippen LogP contribution in [0, 0.1) is 5.82 Å². The maximum Gasteiger partial charge on any atom is 0.267 e. The molecule has 0 N–H and O–H groups in total. The Balaban J connectivity index is 2.48. The Bertz CT molecular complexity index is 875. The molecule has 0 radical (unpaired) electrons. The van der Waals surface area contributed by atoms with E-state index in [-0.39, 0.29) is 21.5 Å². The van der Waals surface area contributed by atoms with Gasteiger partial charge in [-0.3, -0.25) is 9.36 Å². The lowest BCUT2D eigenvalue weighted by molar-refractivity contribution is 0.634. The van der Waals surface area contributed by atoms with E-state index in [1.54, 1.807) is 12.1 Å². The van der Waals surface area contributed by atoms with Crippen molar-refractivity contribution in [3.63, 3.8) is 0 Å². The summed E-state index contributed by atoms with van der Waals surface area (Å²) in [5.41, 5.74) is 0.359. The first-order valence-corrected chi connectivity index (χ1v) is 6.96. The van der Waals surface area contributed by atoms with Crippen LogP contribution in [0.3, 0.4) is 0 Å². The first kappa shape index (κ1) is 13.8. The molecule has 0 atom stereocenters. The van der Waals surface area contributed by atoms with Gasteiger partial charge in [-0.1, -0.05) is 36.7 Å². The minimum absolute atomic E-state index is 0.0246. The number of fused-ring (bicyclic) bond motifs is 1. The van der Waals surface area contributed by atoms with Gasteiger partial charge in [-0.2, -0.15) is 0 Å². The van der Waals surface area contributed by atoms with Crippen LogP contribution in [0.5, 0.6) is 0 Å². The molecule has 5 heteroatoms. The summed E-state index contributed by atoms with van der Waals surface area (Å²) in [7, 11) is 0. The first-order chi connectivity index (χ1) is 10.1. The Kier molecular flexibility index (Phi) is 3.47. The van der Waals surface area contributed by atoms with Crippen molar-refractivity contribution in [2.45, 2.75) is 13.3 Å². The number of benzene rings is 2. The number of para-hydroxylation sites is 1. The molecule has 0 unspecified atom stereocenters. The molecule has 0 spiro atoms. The third-order valence-corrected chi connectivity index (χ3v) is 3.64. The maximum atomic E-state index is 13.9. The van der Waals surface area contributed by atoms with Gasteiger partial charge in [-0.05, 0) is 24.3 Å². The van der Waals surface area contributed by atoms with Crippen molar-refractivity contribution in [3.05, 3.63) is 69.5 Å². The van der Waals surface area contributed by atoms with Gasteiger partial charge in [0.2, 0.25) is 0 Å². The molecular weight excluding hydrogens is 291 g/mol. The van der Waals surface area contributed by atoms with Crippen LogP contribution in [0.2, 0.25) is 5.02 Å². The van der Waals surface area contributed by atoms with E-state index < -0.39 is 5.82 Å². The molecule has 0 bridgehead atoms. The normalized spacial score (nSPS) is 11.0. The zero-order valence-corrected chi connectivity index (χ0v) is 12.1. The number of rotatable bonds is 2. The van der Waals surface area contributed by atoms with Crippen LogP contribution in [0.4, 0.5) is 4.39 Å². The van der Waals surface area contributed by atoms with Crippen molar-refractivity contribution in [3.8, 4) is 5.69 Å². The van der Waals surface area contributed by atoms with E-state index >= 15 is 0 Å². The summed E-state index contributed by atoms with van der Waals surface area (Å²) in [6.07, 6.45) is 0.506. The van der Waals surface area contributed by atoms with Crippen LogP contribution >= 0.6 is 11.6 Å². The van der Waals surface area contributed by atoms with Crippen LogP contribution in [-0.4, -0.2) is 9.55 Å². The Morgan fingerprint density at radius 3 is 2.57 bits per heavy atom. The molecule has 0 aliphatic heterocycles. The highest BCUT2D eigenvalue weighted by Crippen LogP contribution is 2.23. The van der Waals surface area contributed by atoms with Gasteiger partial charge in [0.05, 0.1) is 16.1 Å². The summed E-state index contributed by atoms with van der Waals surface area (Å²) in [4.78, 5) is 17.0. The number of aromatic nitrogens is 2. The highest BCUT2D eigenvalue weighted by molar-refractivity contribution is 6.35. The zero-order valence-electron chi connectivity index (χ0n) is 11.3. The maximum absolute atomic E-state index is 13.9. The number of halogens is 2. The molecule has 3 nitrogen and oxygen atoms in total. The smallest absolute Gasteiger partial charge is 0.267 e. The van der Waals surface area contributed by atoms with Gasteiger partial charge >= 0.3 is 0 Å². The van der Waals surface area contributed by atoms with Gasteiger partial charge < -0.3 is 0 Å². The van der Waals surface area contributed by atoms with E-state index in [9.17, 15) is 9.18 Å². The van der Waals surface area contributed by atoms with Crippen LogP contribution in [-0.2, 0) is 6.42 Å². The molecular formula is C16H12ClFN2O. The van der Waals surface area contributed by atoms with E-state index in [4.69, 9.17) is 11.6 Å². The minimum Gasteiger partial charge on any atom is -0.268 e. The van der Waals surface area contributed by atoms with E-state index in [0.29, 0.717) is 17.9 Å². The number of aryl methyl sites for hydroxylation is 1. The topological polar surface area (TPSA) is 34.9 Å². The van der Waals surface area contributed by atoms with Crippen LogP contribution in [0.1, 0.15) is 12.7 Å². The van der Waals surface area contributed by atoms with Gasteiger partial charge in [-0.15, -0.1) is 0 Å². The van der Waals surface area contributed by atoms with Crippen LogP contribution in [0.25, 0.3) is 16.6 Å². The Hall–Kier alpha value is -2.20. The molecule has 0 amide bonds. The van der Waals surface area contributed by atoms with Gasteiger partial charge in [0.25, 0.3) is 5.56 Å². The fourth-order valence-electron chi connectivity index (χ4n) is 2.34. The highest BCUT2D eigenvalue weighted by atomic mass is 35.5. The Morgan fingerprint density at radius 2 is 1.90 bits per heavy atom. The Morgan fingerprint density at radius 1 is 1.19 bits per heavy atom. The molecule has 0 aliphatic carbocycles. The van der Waals surface area contributed by atoms with Gasteiger partial charge in [0, 0.05) is 6.42 Å². The number of nitrogens with zero attached hydrogens (tertiary/aromatic N) is 2. The lowest BCUT2D eigenvalue weighted by atomic mass is 10.2. The quantitative estimate of drug-likeness (QED) is 0.723. The summed E-state index contributed by atoms with van der Waals surface area (Å²) in [5, 5.41) is 0.314. The molecule has 1 heterocycles. The standard InChI is InChI=1S/C16H12ClFN2O/c1-2-13-19-15-12(18)9-8-11(17)14(15)16(21)20(13)10-6-4-3-5-7-10/h3-9H,2H2,1H3. The molecule has 1 aromatic heterocycles. The van der Waals surface area contributed by atoms with Crippen molar-refractivity contribution in [1.82, 2.24) is 9.55 Å². The average molecular weight is 303 g/mol. The molecule has 0 fully saturated rings. The third-order valence-electron chi connectivity index (χ3n) is 3.32. The second kappa shape index (κ2) is 5.30. The second-order valence-corrected chi connectivity index (χ2v) is 5.02.